The average Bonchev–Trinajstić information content (AvgIpc) is 2.81. The van der Waals surface area contributed by atoms with Gasteiger partial charge in [-0.1, -0.05) is 0 Å². The lowest BCUT2D eigenvalue weighted by Crippen LogP contribution is -2.49. The van der Waals surface area contributed by atoms with Gasteiger partial charge in [0, 0.05) is 19.6 Å². The van der Waals surface area contributed by atoms with Gasteiger partial charge in [-0.05, 0) is 58.5 Å². The normalized spacial score (nSPS) is 23.6. The molecule has 0 aromatic rings. The molecule has 0 radical (unpaired) electrons. The van der Waals surface area contributed by atoms with Crippen LogP contribution in [0.25, 0.3) is 0 Å². The van der Waals surface area contributed by atoms with Crippen LogP contribution in [0.3, 0.4) is 0 Å². The number of amides is 1. The Morgan fingerprint density at radius 3 is 2.22 bits per heavy atom. The van der Waals surface area contributed by atoms with Crippen molar-refractivity contribution in [2.75, 3.05) is 32.7 Å². The Bertz CT molecular complexity index is 285. The van der Waals surface area contributed by atoms with Gasteiger partial charge in [-0.25, -0.2) is 0 Å². The molecular weight excluding hydrogens is 228 g/mol. The SMILES string of the molecule is CC(C)(O)C(=O)N1CCC(CN2CCCC2)CC1. The average molecular weight is 254 g/mol. The van der Waals surface area contributed by atoms with Crippen molar-refractivity contribution in [1.29, 1.82) is 0 Å². The molecule has 4 nitrogen and oxygen atoms in total. The first-order valence-corrected chi connectivity index (χ1v) is 7.21. The fourth-order valence-electron chi connectivity index (χ4n) is 3.04. The maximum Gasteiger partial charge on any atom is 0.253 e. The molecule has 0 atom stereocenters. The molecule has 2 fully saturated rings. The van der Waals surface area contributed by atoms with Crippen LogP contribution in [-0.4, -0.2) is 59.1 Å². The Kier molecular flexibility index (Phi) is 4.28. The molecule has 2 aliphatic heterocycles. The lowest BCUT2D eigenvalue weighted by atomic mass is 9.95. The number of nitrogens with zero attached hydrogens (tertiary/aromatic N) is 2. The molecule has 1 amide bonds. The molecule has 0 spiro atoms. The lowest BCUT2D eigenvalue weighted by Gasteiger charge is -2.36. The van der Waals surface area contributed by atoms with Crippen molar-refractivity contribution in [3.8, 4) is 0 Å². The van der Waals surface area contributed by atoms with Gasteiger partial charge in [0.15, 0.2) is 0 Å². The van der Waals surface area contributed by atoms with E-state index in [-0.39, 0.29) is 5.91 Å². The molecule has 0 aromatic heterocycles. The number of hydrogen-bond donors (Lipinski definition) is 1. The van der Waals surface area contributed by atoms with Crippen molar-refractivity contribution in [1.82, 2.24) is 9.80 Å². The number of likely N-dealkylation sites (tertiary alicyclic amines) is 2. The summed E-state index contributed by atoms with van der Waals surface area (Å²) in [5, 5.41) is 9.73. The maximum absolute atomic E-state index is 11.9. The topological polar surface area (TPSA) is 43.8 Å². The molecule has 2 heterocycles. The zero-order valence-electron chi connectivity index (χ0n) is 11.7. The minimum atomic E-state index is -1.22. The summed E-state index contributed by atoms with van der Waals surface area (Å²) in [7, 11) is 0. The van der Waals surface area contributed by atoms with E-state index in [1.807, 2.05) is 4.90 Å². The number of aliphatic hydroxyl groups is 1. The van der Waals surface area contributed by atoms with E-state index in [0.717, 1.165) is 31.8 Å². The smallest absolute Gasteiger partial charge is 0.253 e. The van der Waals surface area contributed by atoms with E-state index in [0.29, 0.717) is 0 Å². The van der Waals surface area contributed by atoms with Gasteiger partial charge in [-0.15, -0.1) is 0 Å². The number of piperidine rings is 1. The van der Waals surface area contributed by atoms with E-state index in [1.165, 1.54) is 32.5 Å². The number of carbonyl (C=O) groups excluding carboxylic acids is 1. The van der Waals surface area contributed by atoms with Crippen molar-refractivity contribution in [2.24, 2.45) is 5.92 Å². The summed E-state index contributed by atoms with van der Waals surface area (Å²) < 4.78 is 0. The second kappa shape index (κ2) is 5.57. The van der Waals surface area contributed by atoms with Crippen LogP contribution in [0.5, 0.6) is 0 Å². The predicted octanol–water partition coefficient (Wildman–Crippen LogP) is 1.09. The summed E-state index contributed by atoms with van der Waals surface area (Å²) in [6, 6.07) is 0. The fraction of sp³-hybridized carbons (Fsp3) is 0.929. The molecule has 2 rings (SSSR count). The van der Waals surface area contributed by atoms with E-state index < -0.39 is 5.60 Å². The molecule has 0 saturated carbocycles. The van der Waals surface area contributed by atoms with Gasteiger partial charge in [-0.3, -0.25) is 4.79 Å². The zero-order valence-corrected chi connectivity index (χ0v) is 11.7. The molecule has 0 bridgehead atoms. The fourth-order valence-corrected chi connectivity index (χ4v) is 3.04. The van der Waals surface area contributed by atoms with Crippen LogP contribution < -0.4 is 0 Å². The number of carbonyl (C=O) groups is 1. The van der Waals surface area contributed by atoms with Crippen LogP contribution in [-0.2, 0) is 4.79 Å². The van der Waals surface area contributed by atoms with Crippen LogP contribution in [0.4, 0.5) is 0 Å². The predicted molar refractivity (Wildman–Crippen MR) is 71.3 cm³/mol. The highest BCUT2D eigenvalue weighted by molar-refractivity contribution is 5.84. The van der Waals surface area contributed by atoms with Gasteiger partial charge >= 0.3 is 0 Å². The molecule has 0 aromatic carbocycles. The van der Waals surface area contributed by atoms with Gasteiger partial charge in [0.1, 0.15) is 5.60 Å². The first kappa shape index (κ1) is 13.8. The van der Waals surface area contributed by atoms with E-state index in [9.17, 15) is 9.90 Å². The summed E-state index contributed by atoms with van der Waals surface area (Å²) in [5.41, 5.74) is -1.22. The molecule has 18 heavy (non-hydrogen) atoms. The Hall–Kier alpha value is -0.610. The second-order valence-electron chi connectivity index (χ2n) is 6.30. The summed E-state index contributed by atoms with van der Waals surface area (Å²) in [5.74, 6) is 0.607. The van der Waals surface area contributed by atoms with Crippen molar-refractivity contribution in [3.63, 3.8) is 0 Å². The molecule has 2 saturated heterocycles. The quantitative estimate of drug-likeness (QED) is 0.820. The monoisotopic (exact) mass is 254 g/mol. The molecule has 0 aliphatic carbocycles. The highest BCUT2D eigenvalue weighted by atomic mass is 16.3. The summed E-state index contributed by atoms with van der Waals surface area (Å²) >= 11 is 0. The van der Waals surface area contributed by atoms with Crippen molar-refractivity contribution >= 4 is 5.91 Å². The Labute approximate surface area is 110 Å². The Morgan fingerprint density at radius 1 is 1.17 bits per heavy atom. The van der Waals surface area contributed by atoms with Crippen molar-refractivity contribution in [2.45, 2.75) is 45.1 Å². The van der Waals surface area contributed by atoms with Crippen LogP contribution in [0, 0.1) is 5.92 Å². The standard InChI is InChI=1S/C14H26N2O2/c1-14(2,18)13(17)16-9-5-12(6-10-16)11-15-7-3-4-8-15/h12,18H,3-11H2,1-2H3. The molecule has 1 N–H and O–H groups in total. The summed E-state index contributed by atoms with van der Waals surface area (Å²) in [6.45, 7) is 8.47. The summed E-state index contributed by atoms with van der Waals surface area (Å²) in [4.78, 5) is 16.3. The maximum atomic E-state index is 11.9. The second-order valence-corrected chi connectivity index (χ2v) is 6.30. The van der Waals surface area contributed by atoms with E-state index in [1.54, 1.807) is 13.8 Å². The van der Waals surface area contributed by atoms with E-state index >= 15 is 0 Å². The molecule has 104 valence electrons. The van der Waals surface area contributed by atoms with Gasteiger partial charge in [0.2, 0.25) is 0 Å². The van der Waals surface area contributed by atoms with E-state index in [4.69, 9.17) is 0 Å². The number of rotatable bonds is 3. The Morgan fingerprint density at radius 2 is 1.72 bits per heavy atom. The van der Waals surface area contributed by atoms with Crippen molar-refractivity contribution < 1.29 is 9.90 Å². The minimum Gasteiger partial charge on any atom is -0.381 e. The largest absolute Gasteiger partial charge is 0.381 e. The van der Waals surface area contributed by atoms with Gasteiger partial charge in [0.25, 0.3) is 5.91 Å². The lowest BCUT2D eigenvalue weighted by molar-refractivity contribution is -0.149. The highest BCUT2D eigenvalue weighted by Gasteiger charge is 2.32. The third-order valence-corrected chi connectivity index (χ3v) is 4.14. The summed E-state index contributed by atoms with van der Waals surface area (Å²) in [6.07, 6.45) is 4.85. The molecule has 4 heteroatoms. The van der Waals surface area contributed by atoms with Crippen LogP contribution in [0.2, 0.25) is 0 Å². The molecular formula is C14H26N2O2. The highest BCUT2D eigenvalue weighted by Crippen LogP contribution is 2.22. The third kappa shape index (κ3) is 3.45. The Balaban J connectivity index is 1.75. The van der Waals surface area contributed by atoms with Crippen LogP contribution >= 0.6 is 0 Å². The van der Waals surface area contributed by atoms with Gasteiger partial charge in [0.05, 0.1) is 0 Å². The van der Waals surface area contributed by atoms with E-state index in [2.05, 4.69) is 4.90 Å². The van der Waals surface area contributed by atoms with Gasteiger partial charge < -0.3 is 14.9 Å². The first-order valence-electron chi connectivity index (χ1n) is 7.21. The number of hydrogen-bond acceptors (Lipinski definition) is 3. The van der Waals surface area contributed by atoms with Crippen molar-refractivity contribution in [3.05, 3.63) is 0 Å². The van der Waals surface area contributed by atoms with Crippen LogP contribution in [0.15, 0.2) is 0 Å². The molecule has 0 unspecified atom stereocenters. The zero-order chi connectivity index (χ0) is 13.2. The first-order chi connectivity index (χ1) is 8.47. The van der Waals surface area contributed by atoms with Gasteiger partial charge in [-0.2, -0.15) is 0 Å². The molecule has 2 aliphatic rings. The third-order valence-electron chi connectivity index (χ3n) is 4.14. The van der Waals surface area contributed by atoms with Crippen LogP contribution in [0.1, 0.15) is 39.5 Å². The minimum absolute atomic E-state index is 0.123.